The van der Waals surface area contributed by atoms with Crippen LogP contribution in [0.3, 0.4) is 0 Å². The summed E-state index contributed by atoms with van der Waals surface area (Å²) in [6, 6.07) is 27.5. The van der Waals surface area contributed by atoms with E-state index in [1.54, 1.807) is 24.3 Å². The van der Waals surface area contributed by atoms with Gasteiger partial charge < -0.3 is 15.4 Å². The molecular formula is C31H24ClN3O3. The number of fused-ring (bicyclic) bond motifs is 1. The standard InChI is InChI=1S/C31H24ClN3O3/c32-21-13-15-23(29-33-26-8-4-5-9-27(26)34-29)24(17-21)22-14-12-20(16-25(22)31(37)38)30(36)35-28(19-10-11-19)18-6-2-1-3-7-18/h1-9,12-17,19,28H,10-11H2,(H,33,34)(H,35,36)(H,37,38). The fourth-order valence-corrected chi connectivity index (χ4v) is 5.08. The molecule has 1 fully saturated rings. The Labute approximate surface area is 224 Å². The van der Waals surface area contributed by atoms with Gasteiger partial charge in [0, 0.05) is 16.1 Å². The highest BCUT2D eigenvalue weighted by atomic mass is 35.5. The predicted octanol–water partition coefficient (Wildman–Crippen LogP) is 7.13. The summed E-state index contributed by atoms with van der Waals surface area (Å²) in [6.45, 7) is 0. The summed E-state index contributed by atoms with van der Waals surface area (Å²) in [5.74, 6) is -0.445. The second-order valence-corrected chi connectivity index (χ2v) is 9.99. The molecule has 5 aromatic rings. The molecule has 7 heteroatoms. The Bertz CT molecular complexity index is 1640. The topological polar surface area (TPSA) is 95.1 Å². The summed E-state index contributed by atoms with van der Waals surface area (Å²) < 4.78 is 0. The minimum atomic E-state index is -1.13. The Hall–Kier alpha value is -4.42. The van der Waals surface area contributed by atoms with E-state index in [-0.39, 0.29) is 17.5 Å². The van der Waals surface area contributed by atoms with Crippen LogP contribution in [0.4, 0.5) is 0 Å². The number of nitrogens with zero attached hydrogens (tertiary/aromatic N) is 1. The molecule has 188 valence electrons. The maximum Gasteiger partial charge on any atom is 0.336 e. The zero-order valence-electron chi connectivity index (χ0n) is 20.3. The Balaban J connectivity index is 1.38. The van der Waals surface area contributed by atoms with E-state index >= 15 is 0 Å². The summed E-state index contributed by atoms with van der Waals surface area (Å²) in [7, 11) is 0. The van der Waals surface area contributed by atoms with Crippen molar-refractivity contribution >= 4 is 34.5 Å². The number of benzene rings is 4. The number of para-hydroxylation sites is 2. The van der Waals surface area contributed by atoms with Crippen molar-refractivity contribution in [2.24, 2.45) is 5.92 Å². The van der Waals surface area contributed by atoms with Crippen molar-refractivity contribution in [3.8, 4) is 22.5 Å². The minimum absolute atomic E-state index is 0.0139. The second-order valence-electron chi connectivity index (χ2n) is 9.56. The van der Waals surface area contributed by atoms with Gasteiger partial charge in [-0.3, -0.25) is 4.79 Å². The van der Waals surface area contributed by atoms with Crippen molar-refractivity contribution < 1.29 is 14.7 Å². The van der Waals surface area contributed by atoms with Gasteiger partial charge >= 0.3 is 5.97 Å². The van der Waals surface area contributed by atoms with Crippen LogP contribution in [0.1, 0.15) is 45.2 Å². The number of carbonyl (C=O) groups is 2. The van der Waals surface area contributed by atoms with Gasteiger partial charge in [0.05, 0.1) is 22.6 Å². The average molecular weight is 522 g/mol. The molecular weight excluding hydrogens is 498 g/mol. The number of nitrogens with one attached hydrogen (secondary N) is 2. The van der Waals surface area contributed by atoms with Gasteiger partial charge in [-0.2, -0.15) is 0 Å². The SMILES string of the molecule is O=C(NC(c1ccccc1)C1CC1)c1ccc(-c2cc(Cl)ccc2-c2nc3ccccc3[nH]2)c(C(=O)O)c1. The maximum atomic E-state index is 13.3. The highest BCUT2D eigenvalue weighted by molar-refractivity contribution is 6.31. The molecule has 1 aliphatic carbocycles. The zero-order chi connectivity index (χ0) is 26.2. The lowest BCUT2D eigenvalue weighted by atomic mass is 9.93. The van der Waals surface area contributed by atoms with Crippen LogP contribution < -0.4 is 5.32 Å². The van der Waals surface area contributed by atoms with Crippen LogP contribution in [0, 0.1) is 5.92 Å². The number of aromatic carboxylic acids is 1. The zero-order valence-corrected chi connectivity index (χ0v) is 21.1. The molecule has 6 nitrogen and oxygen atoms in total. The van der Waals surface area contributed by atoms with Crippen molar-refractivity contribution in [1.82, 2.24) is 15.3 Å². The molecule has 1 aromatic heterocycles. The lowest BCUT2D eigenvalue weighted by molar-refractivity contribution is 0.0697. The first-order chi connectivity index (χ1) is 18.5. The number of amides is 1. The molecule has 1 saturated carbocycles. The molecule has 3 N–H and O–H groups in total. The maximum absolute atomic E-state index is 13.3. The van der Waals surface area contributed by atoms with E-state index in [1.165, 1.54) is 6.07 Å². The van der Waals surface area contributed by atoms with E-state index in [4.69, 9.17) is 16.6 Å². The fourth-order valence-electron chi connectivity index (χ4n) is 4.91. The molecule has 0 aliphatic heterocycles. The van der Waals surface area contributed by atoms with Crippen LogP contribution in [0.5, 0.6) is 0 Å². The minimum Gasteiger partial charge on any atom is -0.478 e. The molecule has 1 heterocycles. The molecule has 6 rings (SSSR count). The lowest BCUT2D eigenvalue weighted by Gasteiger charge is -2.19. The van der Waals surface area contributed by atoms with Crippen LogP contribution in [0.2, 0.25) is 5.02 Å². The van der Waals surface area contributed by atoms with Gasteiger partial charge in [0.2, 0.25) is 0 Å². The number of aromatic amines is 1. The highest BCUT2D eigenvalue weighted by Crippen LogP contribution is 2.41. The Morgan fingerprint density at radius 1 is 0.895 bits per heavy atom. The normalized spacial score (nSPS) is 13.8. The van der Waals surface area contributed by atoms with Crippen molar-refractivity contribution in [3.05, 3.63) is 113 Å². The Kier molecular flexibility index (Phi) is 6.18. The van der Waals surface area contributed by atoms with Gasteiger partial charge in [-0.25, -0.2) is 9.78 Å². The molecule has 1 amide bonds. The third kappa shape index (κ3) is 4.66. The highest BCUT2D eigenvalue weighted by Gasteiger charge is 2.33. The molecule has 4 aromatic carbocycles. The predicted molar refractivity (Wildman–Crippen MR) is 148 cm³/mol. The molecule has 1 aliphatic rings. The summed E-state index contributed by atoms with van der Waals surface area (Å²) in [5, 5.41) is 13.7. The summed E-state index contributed by atoms with van der Waals surface area (Å²) >= 11 is 6.36. The summed E-state index contributed by atoms with van der Waals surface area (Å²) in [5.41, 5.74) is 4.81. The van der Waals surface area contributed by atoms with Gasteiger partial charge in [0.1, 0.15) is 5.82 Å². The van der Waals surface area contributed by atoms with E-state index in [9.17, 15) is 14.7 Å². The number of carboxylic acids is 1. The molecule has 1 unspecified atom stereocenters. The van der Waals surface area contributed by atoms with Gasteiger partial charge in [0.25, 0.3) is 5.91 Å². The number of hydrogen-bond donors (Lipinski definition) is 3. The van der Waals surface area contributed by atoms with E-state index in [0.29, 0.717) is 39.0 Å². The van der Waals surface area contributed by atoms with Crippen LogP contribution in [-0.4, -0.2) is 27.0 Å². The first-order valence-electron chi connectivity index (χ1n) is 12.5. The molecule has 0 saturated heterocycles. The Morgan fingerprint density at radius 3 is 2.37 bits per heavy atom. The van der Waals surface area contributed by atoms with Gasteiger partial charge in [-0.1, -0.05) is 60.1 Å². The fraction of sp³-hybridized carbons (Fsp3) is 0.129. The number of hydrogen-bond acceptors (Lipinski definition) is 3. The van der Waals surface area contributed by atoms with E-state index < -0.39 is 5.97 Å². The number of rotatable bonds is 7. The van der Waals surface area contributed by atoms with Crippen LogP contribution in [0.25, 0.3) is 33.5 Å². The Morgan fingerprint density at radius 2 is 1.63 bits per heavy atom. The quantitative estimate of drug-likeness (QED) is 0.212. The van der Waals surface area contributed by atoms with Crippen LogP contribution in [0.15, 0.2) is 91.0 Å². The van der Waals surface area contributed by atoms with Gasteiger partial charge in [-0.15, -0.1) is 0 Å². The molecule has 38 heavy (non-hydrogen) atoms. The average Bonchev–Trinajstić information content (AvgIpc) is 3.69. The molecule has 0 radical (unpaired) electrons. The van der Waals surface area contributed by atoms with Crippen molar-refractivity contribution in [3.63, 3.8) is 0 Å². The number of H-pyrrole nitrogens is 1. The number of aromatic nitrogens is 2. The van der Waals surface area contributed by atoms with Crippen LogP contribution >= 0.6 is 11.6 Å². The van der Waals surface area contributed by atoms with E-state index in [0.717, 1.165) is 29.4 Å². The molecule has 1 atom stereocenters. The largest absolute Gasteiger partial charge is 0.478 e. The number of carboxylic acid groups (broad SMARTS) is 1. The summed E-state index contributed by atoms with van der Waals surface area (Å²) in [6.07, 6.45) is 2.11. The van der Waals surface area contributed by atoms with Gasteiger partial charge in [0.15, 0.2) is 0 Å². The number of imidazole rings is 1. The molecule has 0 bridgehead atoms. The number of halogens is 1. The van der Waals surface area contributed by atoms with E-state index in [1.807, 2.05) is 60.7 Å². The molecule has 0 spiro atoms. The monoisotopic (exact) mass is 521 g/mol. The van der Waals surface area contributed by atoms with Crippen molar-refractivity contribution in [2.75, 3.05) is 0 Å². The first-order valence-corrected chi connectivity index (χ1v) is 12.8. The second kappa shape index (κ2) is 9.80. The lowest BCUT2D eigenvalue weighted by Crippen LogP contribution is -2.30. The number of carbonyl (C=O) groups excluding carboxylic acids is 1. The van der Waals surface area contributed by atoms with Crippen molar-refractivity contribution in [1.29, 1.82) is 0 Å². The van der Waals surface area contributed by atoms with Crippen molar-refractivity contribution in [2.45, 2.75) is 18.9 Å². The van der Waals surface area contributed by atoms with Gasteiger partial charge in [-0.05, 0) is 77.9 Å². The summed E-state index contributed by atoms with van der Waals surface area (Å²) in [4.78, 5) is 33.7. The first kappa shape index (κ1) is 23.9. The third-order valence-electron chi connectivity index (χ3n) is 6.97. The van der Waals surface area contributed by atoms with Crippen LogP contribution in [-0.2, 0) is 0 Å². The van der Waals surface area contributed by atoms with E-state index in [2.05, 4.69) is 10.3 Å². The smallest absolute Gasteiger partial charge is 0.336 e. The third-order valence-corrected chi connectivity index (χ3v) is 7.20.